The predicted molar refractivity (Wildman–Crippen MR) is 73.0 cm³/mol. The van der Waals surface area contributed by atoms with Gasteiger partial charge in [-0.1, -0.05) is 12.2 Å². The van der Waals surface area contributed by atoms with Gasteiger partial charge in [0.15, 0.2) is 0 Å². The third kappa shape index (κ3) is 2.50. The molecule has 1 heterocycles. The van der Waals surface area contributed by atoms with Gasteiger partial charge in [-0.15, -0.1) is 0 Å². The maximum atomic E-state index is 5.77. The molecule has 0 unspecified atom stereocenters. The van der Waals surface area contributed by atoms with E-state index in [-0.39, 0.29) is 0 Å². The molecule has 0 aromatic carbocycles. The summed E-state index contributed by atoms with van der Waals surface area (Å²) in [6.07, 6.45) is 1.80. The van der Waals surface area contributed by atoms with Crippen LogP contribution in [0.15, 0.2) is 12.3 Å². The smallest absolute Gasteiger partial charge is 0.139 e. The van der Waals surface area contributed by atoms with Crippen LogP contribution in [-0.2, 0) is 0 Å². The van der Waals surface area contributed by atoms with E-state index in [0.29, 0.717) is 11.0 Å². The van der Waals surface area contributed by atoms with Gasteiger partial charge in [0.05, 0.1) is 5.56 Å². The van der Waals surface area contributed by atoms with E-state index in [1.165, 1.54) is 0 Å². The summed E-state index contributed by atoms with van der Waals surface area (Å²) < 4.78 is 0. The first-order chi connectivity index (χ1) is 7.49. The molecule has 0 atom stereocenters. The van der Waals surface area contributed by atoms with Crippen LogP contribution in [0.5, 0.6) is 0 Å². The van der Waals surface area contributed by atoms with Crippen molar-refractivity contribution >= 4 is 23.0 Å². The molecule has 16 heavy (non-hydrogen) atoms. The molecule has 0 aliphatic rings. The SMILES string of the molecule is CCN(c1nccc(C)c1C(N)=S)C(C)C. The lowest BCUT2D eigenvalue weighted by atomic mass is 10.1. The fourth-order valence-corrected chi connectivity index (χ4v) is 2.08. The van der Waals surface area contributed by atoms with E-state index in [2.05, 4.69) is 30.7 Å². The number of thiocarbonyl (C=S) groups is 1. The van der Waals surface area contributed by atoms with Gasteiger partial charge in [-0.2, -0.15) is 0 Å². The van der Waals surface area contributed by atoms with Crippen molar-refractivity contribution in [2.45, 2.75) is 33.7 Å². The van der Waals surface area contributed by atoms with Crippen LogP contribution in [0.1, 0.15) is 31.9 Å². The van der Waals surface area contributed by atoms with Crippen molar-refractivity contribution in [1.82, 2.24) is 4.98 Å². The number of rotatable bonds is 4. The summed E-state index contributed by atoms with van der Waals surface area (Å²) in [7, 11) is 0. The Bertz CT molecular complexity index is 388. The molecule has 0 fully saturated rings. The molecular weight excluding hydrogens is 218 g/mol. The van der Waals surface area contributed by atoms with Gasteiger partial charge < -0.3 is 10.6 Å². The van der Waals surface area contributed by atoms with Crippen molar-refractivity contribution in [1.29, 1.82) is 0 Å². The molecule has 4 heteroatoms. The maximum absolute atomic E-state index is 5.77. The summed E-state index contributed by atoms with van der Waals surface area (Å²) in [5, 5.41) is 0. The molecule has 1 rings (SSSR count). The van der Waals surface area contributed by atoms with Gasteiger partial charge >= 0.3 is 0 Å². The molecule has 0 saturated heterocycles. The second-order valence-corrected chi connectivity index (χ2v) is 4.51. The highest BCUT2D eigenvalue weighted by atomic mass is 32.1. The van der Waals surface area contributed by atoms with Gasteiger partial charge in [-0.05, 0) is 39.3 Å². The Hall–Kier alpha value is -1.16. The number of nitrogens with zero attached hydrogens (tertiary/aromatic N) is 2. The lowest BCUT2D eigenvalue weighted by Crippen LogP contribution is -2.33. The Labute approximate surface area is 103 Å². The van der Waals surface area contributed by atoms with E-state index in [9.17, 15) is 0 Å². The minimum Gasteiger partial charge on any atom is -0.389 e. The molecule has 0 amide bonds. The molecule has 88 valence electrons. The second-order valence-electron chi connectivity index (χ2n) is 4.07. The van der Waals surface area contributed by atoms with Gasteiger partial charge in [0, 0.05) is 18.8 Å². The topological polar surface area (TPSA) is 42.2 Å². The van der Waals surface area contributed by atoms with E-state index in [1.54, 1.807) is 6.20 Å². The molecule has 0 radical (unpaired) electrons. The van der Waals surface area contributed by atoms with E-state index in [4.69, 9.17) is 18.0 Å². The molecule has 0 saturated carbocycles. The molecule has 1 aromatic rings. The maximum Gasteiger partial charge on any atom is 0.139 e. The Morgan fingerprint density at radius 3 is 2.62 bits per heavy atom. The Kier molecular flexibility index (Phi) is 4.24. The van der Waals surface area contributed by atoms with E-state index in [1.807, 2.05) is 13.0 Å². The van der Waals surface area contributed by atoms with Crippen LogP contribution in [0, 0.1) is 6.92 Å². The van der Waals surface area contributed by atoms with Gasteiger partial charge in [-0.25, -0.2) is 4.98 Å². The standard InChI is InChI=1S/C12H19N3S/c1-5-15(8(2)3)12-10(11(13)16)9(4)6-7-14-12/h6-8H,5H2,1-4H3,(H2,13,16). The van der Waals surface area contributed by atoms with Gasteiger partial charge in [-0.3, -0.25) is 0 Å². The number of aryl methyl sites for hydroxylation is 1. The number of anilines is 1. The molecule has 0 bridgehead atoms. The summed E-state index contributed by atoms with van der Waals surface area (Å²) in [4.78, 5) is 7.02. The van der Waals surface area contributed by atoms with Crippen LogP contribution in [-0.4, -0.2) is 22.6 Å². The third-order valence-electron chi connectivity index (χ3n) is 2.62. The largest absolute Gasteiger partial charge is 0.389 e. The normalized spacial score (nSPS) is 10.6. The molecule has 0 aliphatic heterocycles. The highest BCUT2D eigenvalue weighted by Gasteiger charge is 2.17. The molecular formula is C12H19N3S. The Balaban J connectivity index is 3.31. The summed E-state index contributed by atoms with van der Waals surface area (Å²) in [5.74, 6) is 0.894. The van der Waals surface area contributed by atoms with Crippen LogP contribution in [0.3, 0.4) is 0 Å². The zero-order valence-electron chi connectivity index (χ0n) is 10.3. The van der Waals surface area contributed by atoms with E-state index < -0.39 is 0 Å². The fourth-order valence-electron chi connectivity index (χ4n) is 1.83. The first kappa shape index (κ1) is 12.9. The number of hydrogen-bond acceptors (Lipinski definition) is 3. The quantitative estimate of drug-likeness (QED) is 0.816. The monoisotopic (exact) mass is 237 g/mol. The second kappa shape index (κ2) is 5.25. The zero-order chi connectivity index (χ0) is 12.3. The zero-order valence-corrected chi connectivity index (χ0v) is 11.1. The van der Waals surface area contributed by atoms with Gasteiger partial charge in [0.2, 0.25) is 0 Å². The number of hydrogen-bond donors (Lipinski definition) is 1. The Morgan fingerprint density at radius 2 is 2.19 bits per heavy atom. The first-order valence-electron chi connectivity index (χ1n) is 5.51. The fraction of sp³-hybridized carbons (Fsp3) is 0.500. The molecule has 3 nitrogen and oxygen atoms in total. The van der Waals surface area contributed by atoms with Crippen LogP contribution >= 0.6 is 12.2 Å². The lowest BCUT2D eigenvalue weighted by Gasteiger charge is -2.28. The first-order valence-corrected chi connectivity index (χ1v) is 5.91. The number of aromatic nitrogens is 1. The molecule has 0 aliphatic carbocycles. The van der Waals surface area contributed by atoms with E-state index >= 15 is 0 Å². The van der Waals surface area contributed by atoms with Gasteiger partial charge in [0.1, 0.15) is 10.8 Å². The highest BCUT2D eigenvalue weighted by Crippen LogP contribution is 2.22. The molecule has 0 spiro atoms. The van der Waals surface area contributed by atoms with Crippen LogP contribution in [0.25, 0.3) is 0 Å². The lowest BCUT2D eigenvalue weighted by molar-refractivity contribution is 0.692. The molecule has 2 N–H and O–H groups in total. The van der Waals surface area contributed by atoms with Gasteiger partial charge in [0.25, 0.3) is 0 Å². The molecule has 1 aromatic heterocycles. The van der Waals surface area contributed by atoms with Crippen molar-refractivity contribution in [2.75, 3.05) is 11.4 Å². The Morgan fingerprint density at radius 1 is 1.56 bits per heavy atom. The minimum absolute atomic E-state index is 0.382. The summed E-state index contributed by atoms with van der Waals surface area (Å²) >= 11 is 5.10. The van der Waals surface area contributed by atoms with Crippen LogP contribution < -0.4 is 10.6 Å². The number of pyridine rings is 1. The van der Waals surface area contributed by atoms with Crippen molar-refractivity contribution < 1.29 is 0 Å². The third-order valence-corrected chi connectivity index (χ3v) is 2.83. The van der Waals surface area contributed by atoms with Crippen molar-refractivity contribution in [3.05, 3.63) is 23.4 Å². The van der Waals surface area contributed by atoms with Crippen LogP contribution in [0.4, 0.5) is 5.82 Å². The predicted octanol–water partition coefficient (Wildman–Crippen LogP) is 2.26. The van der Waals surface area contributed by atoms with Crippen LogP contribution in [0.2, 0.25) is 0 Å². The summed E-state index contributed by atoms with van der Waals surface area (Å²) in [6, 6.07) is 2.32. The van der Waals surface area contributed by atoms with Crippen molar-refractivity contribution in [2.24, 2.45) is 5.73 Å². The highest BCUT2D eigenvalue weighted by molar-refractivity contribution is 7.80. The van der Waals surface area contributed by atoms with Crippen molar-refractivity contribution in [3.8, 4) is 0 Å². The van der Waals surface area contributed by atoms with Crippen molar-refractivity contribution in [3.63, 3.8) is 0 Å². The number of nitrogens with two attached hydrogens (primary N) is 1. The average Bonchev–Trinajstić information content (AvgIpc) is 2.17. The summed E-state index contributed by atoms with van der Waals surface area (Å²) in [5.41, 5.74) is 7.75. The average molecular weight is 237 g/mol. The summed E-state index contributed by atoms with van der Waals surface area (Å²) in [6.45, 7) is 9.28. The van der Waals surface area contributed by atoms with E-state index in [0.717, 1.165) is 23.5 Å². The minimum atomic E-state index is 0.382.